The molecule has 0 aromatic carbocycles. The van der Waals surface area contributed by atoms with Gasteiger partial charge in [-0.1, -0.05) is 17.4 Å². The molecule has 182 valence electrons. The molecule has 0 unspecified atom stereocenters. The van der Waals surface area contributed by atoms with Gasteiger partial charge in [0.2, 0.25) is 5.91 Å². The number of hydrazine groups is 1. The average Bonchev–Trinajstić information content (AvgIpc) is 3.21. The Balaban J connectivity index is 0.00000342. The Morgan fingerprint density at radius 2 is 2.06 bits per heavy atom. The van der Waals surface area contributed by atoms with Crippen molar-refractivity contribution in [2.24, 2.45) is 0 Å². The number of aromatic nitrogens is 3. The fourth-order valence-corrected chi connectivity index (χ4v) is 6.05. The summed E-state index contributed by atoms with van der Waals surface area (Å²) >= 11 is 2.30. The van der Waals surface area contributed by atoms with E-state index in [9.17, 15) is 33.9 Å². The SMILES string of the molecule is CCn1c(SCC2=C(C(=O)[O-])N3C(=O)[C@@H](NC(=O)CN4CC(=O)ON4)[C@H]3SC2)n[nH]c(=O)c1=O.[Na+]. The Kier molecular flexibility index (Phi) is 8.84. The maximum atomic E-state index is 12.7. The van der Waals surface area contributed by atoms with E-state index in [2.05, 4.69) is 25.9 Å². The Hall–Kier alpha value is -2.15. The molecule has 2 amide bonds. The molecule has 0 radical (unpaired) electrons. The fraction of sp³-hybridized carbons (Fsp3) is 0.471. The number of carboxylic acids is 1. The maximum Gasteiger partial charge on any atom is 1.00 e. The summed E-state index contributed by atoms with van der Waals surface area (Å²) in [5.74, 6) is -2.95. The number of β-lactam (4-membered cyclic amide) rings is 1. The molecule has 4 rings (SSSR count). The van der Waals surface area contributed by atoms with Gasteiger partial charge in [-0.15, -0.1) is 16.9 Å². The van der Waals surface area contributed by atoms with Gasteiger partial charge >= 0.3 is 46.6 Å². The molecule has 0 spiro atoms. The van der Waals surface area contributed by atoms with Crippen LogP contribution >= 0.6 is 23.5 Å². The first-order valence-corrected chi connectivity index (χ1v) is 11.9. The first-order valence-electron chi connectivity index (χ1n) is 9.91. The van der Waals surface area contributed by atoms with Crippen LogP contribution in [0.3, 0.4) is 0 Å². The van der Waals surface area contributed by atoms with E-state index in [0.717, 1.165) is 21.2 Å². The molecule has 0 saturated carbocycles. The minimum absolute atomic E-state index is 0. The Morgan fingerprint density at radius 3 is 2.69 bits per heavy atom. The zero-order chi connectivity index (χ0) is 24.6. The standard InChI is InChI=1S/C17H19N7O8S2.Na/c1-2-23-14(29)12(27)19-20-17(23)34-6-7-5-33-15-10(13(28)24(15)11(7)16(30)31)18-8(25)3-22-4-9(26)32-21-22;/h10,15,21H,2-6H2,1H3,(H,18,25)(H,19,27)(H,30,31);/q;+1/p-1/t10-,15-;/m1./s1. The molecule has 4 heterocycles. The van der Waals surface area contributed by atoms with E-state index in [1.54, 1.807) is 6.92 Å². The van der Waals surface area contributed by atoms with E-state index < -0.39 is 46.3 Å². The summed E-state index contributed by atoms with van der Waals surface area (Å²) in [6.45, 7) is 1.48. The van der Waals surface area contributed by atoms with Crippen molar-refractivity contribution in [3.05, 3.63) is 32.0 Å². The van der Waals surface area contributed by atoms with E-state index in [1.165, 1.54) is 16.8 Å². The molecule has 15 nitrogen and oxygen atoms in total. The molecule has 1 aromatic heterocycles. The Morgan fingerprint density at radius 1 is 1.31 bits per heavy atom. The van der Waals surface area contributed by atoms with Gasteiger partial charge in [-0.2, -0.15) is 5.01 Å². The minimum Gasteiger partial charge on any atom is -0.543 e. The number of H-pyrrole nitrogens is 1. The number of hydrogen-bond donors (Lipinski definition) is 3. The summed E-state index contributed by atoms with van der Waals surface area (Å²) in [4.78, 5) is 76.9. The topological polar surface area (TPSA) is 199 Å². The molecular weight excluding hydrogens is 517 g/mol. The number of thioether (sulfide) groups is 2. The number of carbonyl (C=O) groups excluding carboxylic acids is 4. The number of hydrogen-bond acceptors (Lipinski definition) is 13. The second-order valence-electron chi connectivity index (χ2n) is 7.29. The van der Waals surface area contributed by atoms with Gasteiger partial charge in [0.15, 0.2) is 5.16 Å². The summed E-state index contributed by atoms with van der Waals surface area (Å²) in [5, 5.41) is 21.1. The van der Waals surface area contributed by atoms with Crippen molar-refractivity contribution in [1.82, 2.24) is 35.6 Å². The molecule has 2 fully saturated rings. The molecular formula is C17H18N7NaO8S2. The number of aromatic amines is 1. The van der Waals surface area contributed by atoms with Crippen LogP contribution in [0.4, 0.5) is 0 Å². The average molecular weight is 535 g/mol. The molecule has 0 aliphatic carbocycles. The van der Waals surface area contributed by atoms with E-state index >= 15 is 0 Å². The van der Waals surface area contributed by atoms with Gasteiger partial charge < -0.3 is 20.1 Å². The van der Waals surface area contributed by atoms with Crippen LogP contribution < -0.4 is 56.7 Å². The van der Waals surface area contributed by atoms with Crippen LogP contribution in [0.25, 0.3) is 0 Å². The predicted molar refractivity (Wildman–Crippen MR) is 113 cm³/mol. The van der Waals surface area contributed by atoms with Gasteiger partial charge in [-0.05, 0) is 12.5 Å². The van der Waals surface area contributed by atoms with Crippen molar-refractivity contribution in [3.63, 3.8) is 0 Å². The van der Waals surface area contributed by atoms with Gasteiger partial charge in [-0.25, -0.2) is 9.89 Å². The number of fused-ring (bicyclic) bond motifs is 1. The predicted octanol–water partition coefficient (Wildman–Crippen LogP) is -7.27. The number of nitrogens with one attached hydrogen (secondary N) is 3. The van der Waals surface area contributed by atoms with Crippen molar-refractivity contribution >= 4 is 47.3 Å². The molecule has 3 aliphatic rings. The van der Waals surface area contributed by atoms with Crippen molar-refractivity contribution in [3.8, 4) is 0 Å². The summed E-state index contributed by atoms with van der Waals surface area (Å²) in [7, 11) is 0. The first-order chi connectivity index (χ1) is 16.2. The maximum absolute atomic E-state index is 12.7. The van der Waals surface area contributed by atoms with Crippen molar-refractivity contribution in [2.75, 3.05) is 24.6 Å². The van der Waals surface area contributed by atoms with Gasteiger partial charge in [0, 0.05) is 18.1 Å². The smallest absolute Gasteiger partial charge is 0.543 e. The summed E-state index contributed by atoms with van der Waals surface area (Å²) < 4.78 is 1.16. The summed E-state index contributed by atoms with van der Waals surface area (Å²) in [5.41, 5.74) is 0.714. The quantitative estimate of drug-likeness (QED) is 0.123. The van der Waals surface area contributed by atoms with Crippen LogP contribution in [-0.4, -0.2) is 84.4 Å². The first kappa shape index (κ1) is 27.4. The van der Waals surface area contributed by atoms with Crippen molar-refractivity contribution in [2.45, 2.75) is 30.0 Å². The third kappa shape index (κ3) is 5.50. The summed E-state index contributed by atoms with van der Waals surface area (Å²) in [6.07, 6.45) is 0. The fourth-order valence-electron chi connectivity index (χ4n) is 3.56. The number of aliphatic carboxylic acids is 1. The van der Waals surface area contributed by atoms with Crippen LogP contribution in [0.5, 0.6) is 0 Å². The number of carbonyl (C=O) groups is 4. The van der Waals surface area contributed by atoms with Crippen LogP contribution in [-0.2, 0) is 30.6 Å². The normalized spacial score (nSPS) is 21.7. The van der Waals surface area contributed by atoms with Gasteiger partial charge in [-0.3, -0.25) is 28.6 Å². The molecule has 18 heteroatoms. The third-order valence-corrected chi connectivity index (χ3v) is 7.52. The Bertz CT molecular complexity index is 1220. The third-order valence-electron chi connectivity index (χ3n) is 5.12. The monoisotopic (exact) mass is 535 g/mol. The molecule has 1 aromatic rings. The molecule has 35 heavy (non-hydrogen) atoms. The van der Waals surface area contributed by atoms with E-state index in [4.69, 9.17) is 0 Å². The second-order valence-corrected chi connectivity index (χ2v) is 9.34. The van der Waals surface area contributed by atoms with Crippen LogP contribution in [0.15, 0.2) is 26.0 Å². The number of amides is 2. The largest absolute Gasteiger partial charge is 1.00 e. The zero-order valence-corrected chi connectivity index (χ0v) is 22.2. The second kappa shape index (κ2) is 11.3. The van der Waals surface area contributed by atoms with E-state index in [0.29, 0.717) is 5.57 Å². The number of carboxylic acid groups (broad SMARTS) is 1. The van der Waals surface area contributed by atoms with Crippen LogP contribution in [0.1, 0.15) is 6.92 Å². The Labute approximate surface area is 227 Å². The van der Waals surface area contributed by atoms with E-state index in [-0.39, 0.29) is 71.6 Å². The molecule has 3 N–H and O–H groups in total. The minimum atomic E-state index is -1.54. The summed E-state index contributed by atoms with van der Waals surface area (Å²) in [6, 6.07) is -0.939. The van der Waals surface area contributed by atoms with Gasteiger partial charge in [0.1, 0.15) is 18.0 Å². The molecule has 2 saturated heterocycles. The van der Waals surface area contributed by atoms with E-state index in [1.807, 2.05) is 0 Å². The van der Waals surface area contributed by atoms with Crippen molar-refractivity contribution in [1.29, 1.82) is 0 Å². The van der Waals surface area contributed by atoms with Gasteiger partial charge in [0.25, 0.3) is 5.91 Å². The zero-order valence-electron chi connectivity index (χ0n) is 18.6. The number of nitrogens with zero attached hydrogens (tertiary/aromatic N) is 4. The molecule has 3 aliphatic heterocycles. The molecule has 0 bridgehead atoms. The molecule has 2 atom stereocenters. The van der Waals surface area contributed by atoms with Crippen molar-refractivity contribution < 1.29 is 58.7 Å². The van der Waals surface area contributed by atoms with Crippen LogP contribution in [0, 0.1) is 0 Å². The van der Waals surface area contributed by atoms with Gasteiger partial charge in [0.05, 0.1) is 18.2 Å². The number of rotatable bonds is 8. The van der Waals surface area contributed by atoms with Crippen LogP contribution in [0.2, 0.25) is 0 Å².